The van der Waals surface area contributed by atoms with Crippen LogP contribution in [0.15, 0.2) is 30.3 Å². The molecule has 6 atom stereocenters. The van der Waals surface area contributed by atoms with E-state index in [0.29, 0.717) is 0 Å². The van der Waals surface area contributed by atoms with Gasteiger partial charge in [-0.1, -0.05) is 30.3 Å². The summed E-state index contributed by atoms with van der Waals surface area (Å²) in [5.41, 5.74) is 0.750. The van der Waals surface area contributed by atoms with Gasteiger partial charge in [0.2, 0.25) is 17.7 Å². The Morgan fingerprint density at radius 2 is 1.25 bits per heavy atom. The molecule has 0 radical (unpaired) electrons. The largest absolute Gasteiger partial charge is 0.467 e. The molecule has 0 fully saturated rings. The Bertz CT molecular complexity index is 908. The Morgan fingerprint density at radius 1 is 0.750 bits per heavy atom. The van der Waals surface area contributed by atoms with Crippen LogP contribution in [0.4, 0.5) is 4.79 Å². The number of amides is 4. The lowest BCUT2D eigenvalue weighted by molar-refractivity contribution is -0.148. The van der Waals surface area contributed by atoms with E-state index in [1.807, 2.05) is 6.07 Å². The van der Waals surface area contributed by atoms with E-state index in [4.69, 9.17) is 4.74 Å². The number of benzene rings is 1. The predicted molar refractivity (Wildman–Crippen MR) is 126 cm³/mol. The van der Waals surface area contributed by atoms with Crippen molar-refractivity contribution in [2.75, 3.05) is 7.11 Å². The second kappa shape index (κ2) is 14.6. The van der Waals surface area contributed by atoms with E-state index in [0.717, 1.165) is 12.7 Å². The lowest BCUT2D eigenvalue weighted by atomic mass is 10.1. The molecule has 1 aromatic rings. The van der Waals surface area contributed by atoms with Gasteiger partial charge in [-0.05, 0) is 33.3 Å². The number of esters is 1. The van der Waals surface area contributed by atoms with Crippen LogP contribution in [0.1, 0.15) is 33.3 Å². The van der Waals surface area contributed by atoms with E-state index in [2.05, 4.69) is 26.0 Å². The van der Waals surface area contributed by atoms with Crippen LogP contribution in [-0.4, -0.2) is 83.5 Å². The van der Waals surface area contributed by atoms with Gasteiger partial charge in [0.15, 0.2) is 6.04 Å². The normalized spacial score (nSPS) is 15.6. The summed E-state index contributed by atoms with van der Waals surface area (Å²) >= 11 is 0. The van der Waals surface area contributed by atoms with Gasteiger partial charge in [0.05, 0.1) is 19.3 Å². The number of aliphatic hydroxyl groups excluding tert-OH is 2. The minimum absolute atomic E-state index is 0.00837. The van der Waals surface area contributed by atoms with Gasteiger partial charge in [0.25, 0.3) is 0 Å². The first kappa shape index (κ1) is 30.3. The average Bonchev–Trinajstić information content (AvgIpc) is 2.83. The van der Waals surface area contributed by atoms with Crippen LogP contribution < -0.4 is 21.3 Å². The Kier molecular flexibility index (Phi) is 12.3. The van der Waals surface area contributed by atoms with Gasteiger partial charge >= 0.3 is 12.1 Å². The third-order valence-corrected chi connectivity index (χ3v) is 4.99. The first-order chi connectivity index (χ1) is 16.9. The van der Waals surface area contributed by atoms with E-state index in [1.54, 1.807) is 24.3 Å². The Hall–Kier alpha value is -3.71. The van der Waals surface area contributed by atoms with Crippen LogP contribution in [0.25, 0.3) is 0 Å². The molecule has 200 valence electrons. The fourth-order valence-electron chi connectivity index (χ4n) is 2.84. The molecule has 13 nitrogen and oxygen atoms in total. The first-order valence-electron chi connectivity index (χ1n) is 11.2. The van der Waals surface area contributed by atoms with Crippen molar-refractivity contribution in [3.63, 3.8) is 0 Å². The third-order valence-electron chi connectivity index (χ3n) is 4.99. The minimum atomic E-state index is -1.47. The molecule has 0 aliphatic rings. The van der Waals surface area contributed by atoms with Crippen LogP contribution in [0.3, 0.4) is 0 Å². The maximum Gasteiger partial charge on any atom is 0.408 e. The lowest BCUT2D eigenvalue weighted by Crippen LogP contribution is -2.60. The maximum atomic E-state index is 12.6. The van der Waals surface area contributed by atoms with E-state index in [1.165, 1.54) is 27.7 Å². The highest BCUT2D eigenvalue weighted by Crippen LogP contribution is 2.02. The van der Waals surface area contributed by atoms with Crippen LogP contribution >= 0.6 is 0 Å². The molecule has 1 rings (SSSR count). The monoisotopic (exact) mass is 510 g/mol. The second-order valence-electron chi connectivity index (χ2n) is 8.13. The SMILES string of the molecule is COC(=O)[C@@H](NC(=O)[C@H](C)NC(=O)[C@@H](NC(=O)[C@H](C)NC(=O)OCc1ccccc1)[C@@H](C)O)[C@@H](C)O. The van der Waals surface area contributed by atoms with Crippen molar-refractivity contribution in [2.24, 2.45) is 0 Å². The molecule has 0 aliphatic carbocycles. The van der Waals surface area contributed by atoms with Crippen LogP contribution in [0.5, 0.6) is 0 Å². The van der Waals surface area contributed by atoms with Gasteiger partial charge < -0.3 is 41.0 Å². The molecule has 4 amide bonds. The highest BCUT2D eigenvalue weighted by Gasteiger charge is 2.32. The van der Waals surface area contributed by atoms with Crippen molar-refractivity contribution in [3.05, 3.63) is 35.9 Å². The average molecular weight is 511 g/mol. The number of methoxy groups -OCH3 is 1. The van der Waals surface area contributed by atoms with Gasteiger partial charge in [-0.15, -0.1) is 0 Å². The third kappa shape index (κ3) is 9.88. The summed E-state index contributed by atoms with van der Waals surface area (Å²) in [5, 5.41) is 28.9. The smallest absolute Gasteiger partial charge is 0.408 e. The van der Waals surface area contributed by atoms with Gasteiger partial charge in [-0.2, -0.15) is 0 Å². The molecule has 0 saturated heterocycles. The van der Waals surface area contributed by atoms with Crippen LogP contribution in [0, 0.1) is 0 Å². The number of hydrogen-bond donors (Lipinski definition) is 6. The summed E-state index contributed by atoms with van der Waals surface area (Å²) in [7, 11) is 1.09. The molecule has 0 spiro atoms. The zero-order valence-corrected chi connectivity index (χ0v) is 20.8. The summed E-state index contributed by atoms with van der Waals surface area (Å²) in [6.45, 7) is 5.18. The molecule has 0 aliphatic heterocycles. The number of rotatable bonds is 12. The summed E-state index contributed by atoms with van der Waals surface area (Å²) in [6, 6.07) is 3.75. The standard InChI is InChI=1S/C23H34N4O9/c1-12(19(30)27-18(15(4)29)22(33)35-5)24-21(32)17(14(3)28)26-20(31)13(2)25-23(34)36-11-16-9-7-6-8-10-16/h6-10,12-15,17-18,28-29H,11H2,1-5H3,(H,24,32)(H,25,34)(H,26,31)(H,27,30)/t12-,13-,14+,15+,17-,18-/m0/s1. The summed E-state index contributed by atoms with van der Waals surface area (Å²) in [6.07, 6.45) is -3.48. The quantitative estimate of drug-likeness (QED) is 0.186. The summed E-state index contributed by atoms with van der Waals surface area (Å²) in [5.74, 6) is -3.38. The number of aliphatic hydroxyl groups is 2. The zero-order chi connectivity index (χ0) is 27.4. The highest BCUT2D eigenvalue weighted by molar-refractivity contribution is 5.94. The van der Waals surface area contributed by atoms with Gasteiger partial charge in [-0.3, -0.25) is 14.4 Å². The molecule has 1 aromatic carbocycles. The molecular formula is C23H34N4O9. The van der Waals surface area contributed by atoms with Gasteiger partial charge in [0.1, 0.15) is 24.7 Å². The van der Waals surface area contributed by atoms with E-state index < -0.39 is 66.2 Å². The van der Waals surface area contributed by atoms with Crippen molar-refractivity contribution < 1.29 is 43.7 Å². The van der Waals surface area contributed by atoms with Crippen LogP contribution in [-0.2, 0) is 35.3 Å². The summed E-state index contributed by atoms with van der Waals surface area (Å²) in [4.78, 5) is 61.2. The Labute approximate surface area is 208 Å². The van der Waals surface area contributed by atoms with Gasteiger partial charge in [-0.25, -0.2) is 9.59 Å². The highest BCUT2D eigenvalue weighted by atomic mass is 16.5. The van der Waals surface area contributed by atoms with Crippen molar-refractivity contribution in [1.82, 2.24) is 21.3 Å². The molecule has 36 heavy (non-hydrogen) atoms. The minimum Gasteiger partial charge on any atom is -0.467 e. The van der Waals surface area contributed by atoms with E-state index in [-0.39, 0.29) is 6.61 Å². The number of nitrogens with one attached hydrogen (secondary N) is 4. The number of alkyl carbamates (subject to hydrolysis) is 1. The number of carbonyl (C=O) groups is 5. The molecule has 0 saturated carbocycles. The molecular weight excluding hydrogens is 476 g/mol. The first-order valence-corrected chi connectivity index (χ1v) is 11.2. The van der Waals surface area contributed by atoms with Crippen LogP contribution in [0.2, 0.25) is 0 Å². The Morgan fingerprint density at radius 3 is 1.75 bits per heavy atom. The van der Waals surface area contributed by atoms with Crippen molar-refractivity contribution in [2.45, 2.75) is 70.7 Å². The molecule has 0 heterocycles. The molecule has 6 N–H and O–H groups in total. The number of ether oxygens (including phenoxy) is 2. The maximum absolute atomic E-state index is 12.6. The number of hydrogen-bond acceptors (Lipinski definition) is 9. The van der Waals surface area contributed by atoms with E-state index in [9.17, 15) is 34.2 Å². The molecule has 0 bridgehead atoms. The second-order valence-corrected chi connectivity index (χ2v) is 8.13. The Balaban J connectivity index is 2.66. The predicted octanol–water partition coefficient (Wildman–Crippen LogP) is -1.29. The zero-order valence-electron chi connectivity index (χ0n) is 20.8. The van der Waals surface area contributed by atoms with Gasteiger partial charge in [0, 0.05) is 0 Å². The molecule has 13 heteroatoms. The van der Waals surface area contributed by atoms with Crippen molar-refractivity contribution in [3.8, 4) is 0 Å². The fraction of sp³-hybridized carbons (Fsp3) is 0.522. The lowest BCUT2D eigenvalue weighted by Gasteiger charge is -2.25. The van der Waals surface area contributed by atoms with E-state index >= 15 is 0 Å². The molecule has 0 aromatic heterocycles. The summed E-state index contributed by atoms with van der Waals surface area (Å²) < 4.78 is 9.56. The fourth-order valence-corrected chi connectivity index (χ4v) is 2.84. The molecule has 0 unspecified atom stereocenters. The van der Waals surface area contributed by atoms with Crippen molar-refractivity contribution >= 4 is 29.8 Å². The number of carbonyl (C=O) groups excluding carboxylic acids is 5. The topological polar surface area (TPSA) is 192 Å². The van der Waals surface area contributed by atoms with Crippen molar-refractivity contribution in [1.29, 1.82) is 0 Å².